The predicted molar refractivity (Wildman–Crippen MR) is 72.0 cm³/mol. The smallest absolute Gasteiger partial charge is 0.250 e. The zero-order chi connectivity index (χ0) is 14.5. The van der Waals surface area contributed by atoms with Gasteiger partial charge in [0.15, 0.2) is 11.6 Å². The van der Waals surface area contributed by atoms with Crippen molar-refractivity contribution in [2.75, 3.05) is 33.9 Å². The van der Waals surface area contributed by atoms with Gasteiger partial charge in [-0.3, -0.25) is 9.69 Å². The summed E-state index contributed by atoms with van der Waals surface area (Å²) in [6.45, 7) is 2.31. The van der Waals surface area contributed by atoms with Gasteiger partial charge in [0.25, 0.3) is 0 Å². The van der Waals surface area contributed by atoms with Crippen LogP contribution >= 0.6 is 0 Å². The van der Waals surface area contributed by atoms with Gasteiger partial charge in [-0.05, 0) is 17.7 Å². The van der Waals surface area contributed by atoms with Gasteiger partial charge >= 0.3 is 0 Å². The molecule has 1 aromatic rings. The van der Waals surface area contributed by atoms with Crippen LogP contribution in [0.5, 0.6) is 5.75 Å². The number of likely N-dealkylation sites (N-methyl/N-ethyl adjacent to an activating group) is 1. The number of halogens is 1. The van der Waals surface area contributed by atoms with E-state index in [1.54, 1.807) is 13.1 Å². The molecule has 110 valence electrons. The normalized spacial score (nSPS) is 19.6. The van der Waals surface area contributed by atoms with E-state index in [9.17, 15) is 9.18 Å². The summed E-state index contributed by atoms with van der Waals surface area (Å²) in [6, 6.07) is 4.90. The highest BCUT2D eigenvalue weighted by Gasteiger charge is 2.25. The van der Waals surface area contributed by atoms with E-state index in [0.29, 0.717) is 19.7 Å². The van der Waals surface area contributed by atoms with Crippen molar-refractivity contribution in [1.29, 1.82) is 0 Å². The summed E-state index contributed by atoms with van der Waals surface area (Å²) >= 11 is 0. The van der Waals surface area contributed by atoms with Crippen LogP contribution in [0.4, 0.5) is 4.39 Å². The lowest BCUT2D eigenvalue weighted by molar-refractivity contribution is -0.138. The van der Waals surface area contributed by atoms with Crippen molar-refractivity contribution in [2.24, 2.45) is 0 Å². The molecule has 20 heavy (non-hydrogen) atoms. The zero-order valence-corrected chi connectivity index (χ0v) is 11.7. The van der Waals surface area contributed by atoms with Crippen LogP contribution in [0.25, 0.3) is 0 Å². The van der Waals surface area contributed by atoms with Gasteiger partial charge in [-0.1, -0.05) is 6.07 Å². The Morgan fingerprint density at radius 2 is 2.40 bits per heavy atom. The maximum atomic E-state index is 13.6. The molecule has 0 saturated carbocycles. The number of carbonyl (C=O) groups excluding carboxylic acids is 1. The Kier molecular flexibility index (Phi) is 4.92. The molecular weight excluding hydrogens is 263 g/mol. The Hall–Kier alpha value is -1.66. The van der Waals surface area contributed by atoms with Crippen LogP contribution in [0.3, 0.4) is 0 Å². The van der Waals surface area contributed by atoms with Crippen molar-refractivity contribution in [3.63, 3.8) is 0 Å². The third-order valence-electron chi connectivity index (χ3n) is 3.31. The summed E-state index contributed by atoms with van der Waals surface area (Å²) in [5, 5.41) is 2.58. The van der Waals surface area contributed by atoms with E-state index < -0.39 is 6.10 Å². The number of methoxy groups -OCH3 is 1. The summed E-state index contributed by atoms with van der Waals surface area (Å²) in [7, 11) is 3.03. The number of nitrogens with one attached hydrogen (secondary N) is 1. The second kappa shape index (κ2) is 6.67. The first-order valence-corrected chi connectivity index (χ1v) is 6.52. The minimum absolute atomic E-state index is 0.129. The topological polar surface area (TPSA) is 50.8 Å². The molecule has 1 aliphatic rings. The number of ether oxygens (including phenoxy) is 2. The van der Waals surface area contributed by atoms with Crippen molar-refractivity contribution in [3.8, 4) is 5.75 Å². The third kappa shape index (κ3) is 3.46. The minimum Gasteiger partial charge on any atom is -0.494 e. The molecule has 1 atom stereocenters. The molecule has 1 heterocycles. The number of nitrogens with zero attached hydrogens (tertiary/aromatic N) is 1. The summed E-state index contributed by atoms with van der Waals surface area (Å²) in [4.78, 5) is 13.6. The summed E-state index contributed by atoms with van der Waals surface area (Å²) in [5.41, 5.74) is 0.848. The van der Waals surface area contributed by atoms with Gasteiger partial charge < -0.3 is 14.8 Å². The molecule has 0 aromatic heterocycles. The van der Waals surface area contributed by atoms with Crippen LogP contribution in [0.15, 0.2) is 18.2 Å². The van der Waals surface area contributed by atoms with E-state index in [0.717, 1.165) is 12.1 Å². The van der Waals surface area contributed by atoms with Gasteiger partial charge in [-0.15, -0.1) is 0 Å². The Labute approximate surface area is 117 Å². The number of hydrogen-bond donors (Lipinski definition) is 1. The largest absolute Gasteiger partial charge is 0.494 e. The van der Waals surface area contributed by atoms with Crippen LogP contribution in [-0.4, -0.2) is 50.8 Å². The molecule has 0 bridgehead atoms. The van der Waals surface area contributed by atoms with Gasteiger partial charge in [0, 0.05) is 26.7 Å². The molecule has 1 unspecified atom stereocenters. The fourth-order valence-electron chi connectivity index (χ4n) is 2.23. The van der Waals surface area contributed by atoms with Crippen molar-refractivity contribution in [3.05, 3.63) is 29.6 Å². The number of amides is 1. The summed E-state index contributed by atoms with van der Waals surface area (Å²) in [5.74, 6) is -0.268. The second-order valence-electron chi connectivity index (χ2n) is 4.68. The Morgan fingerprint density at radius 3 is 3.05 bits per heavy atom. The van der Waals surface area contributed by atoms with Crippen molar-refractivity contribution in [1.82, 2.24) is 10.2 Å². The molecule has 1 amide bonds. The Balaban J connectivity index is 1.99. The molecule has 0 aliphatic carbocycles. The fourth-order valence-corrected chi connectivity index (χ4v) is 2.23. The van der Waals surface area contributed by atoms with Gasteiger partial charge in [-0.2, -0.15) is 0 Å². The molecular formula is C14H19FN2O3. The van der Waals surface area contributed by atoms with Crippen molar-refractivity contribution >= 4 is 5.91 Å². The quantitative estimate of drug-likeness (QED) is 0.887. The number of benzene rings is 1. The molecule has 1 aliphatic heterocycles. The second-order valence-corrected chi connectivity index (χ2v) is 4.68. The lowest BCUT2D eigenvalue weighted by atomic mass is 10.1. The summed E-state index contributed by atoms with van der Waals surface area (Å²) in [6.07, 6.45) is -0.461. The van der Waals surface area contributed by atoms with Crippen molar-refractivity contribution in [2.45, 2.75) is 12.6 Å². The van der Waals surface area contributed by atoms with Gasteiger partial charge in [0.2, 0.25) is 5.91 Å². The maximum Gasteiger partial charge on any atom is 0.250 e. The first kappa shape index (κ1) is 14.7. The minimum atomic E-state index is -0.461. The molecule has 5 nitrogen and oxygen atoms in total. The van der Waals surface area contributed by atoms with Gasteiger partial charge in [0.1, 0.15) is 6.10 Å². The van der Waals surface area contributed by atoms with Crippen LogP contribution < -0.4 is 10.1 Å². The van der Waals surface area contributed by atoms with Crippen molar-refractivity contribution < 1.29 is 18.7 Å². The molecule has 0 spiro atoms. The number of rotatable bonds is 4. The first-order valence-electron chi connectivity index (χ1n) is 6.52. The molecule has 1 saturated heterocycles. The molecule has 1 fully saturated rings. The number of morpholine rings is 1. The Bertz CT molecular complexity index is 481. The highest BCUT2D eigenvalue weighted by molar-refractivity contribution is 5.80. The maximum absolute atomic E-state index is 13.6. The lowest BCUT2D eigenvalue weighted by Crippen LogP contribution is -2.48. The first-order chi connectivity index (χ1) is 9.63. The van der Waals surface area contributed by atoms with Crippen LogP contribution in [0.2, 0.25) is 0 Å². The average molecular weight is 282 g/mol. The zero-order valence-electron chi connectivity index (χ0n) is 11.7. The molecule has 2 rings (SSSR count). The SMILES string of the molecule is CNC(=O)C1CN(Cc2ccc(OC)c(F)c2)CCO1. The highest BCUT2D eigenvalue weighted by Crippen LogP contribution is 2.19. The van der Waals surface area contributed by atoms with Crippen LogP contribution in [-0.2, 0) is 16.1 Å². The van der Waals surface area contributed by atoms with E-state index in [1.807, 2.05) is 6.07 Å². The average Bonchev–Trinajstić information content (AvgIpc) is 2.47. The highest BCUT2D eigenvalue weighted by atomic mass is 19.1. The lowest BCUT2D eigenvalue weighted by Gasteiger charge is -2.31. The van der Waals surface area contributed by atoms with E-state index in [-0.39, 0.29) is 17.5 Å². The van der Waals surface area contributed by atoms with E-state index >= 15 is 0 Å². The predicted octanol–water partition coefficient (Wildman–Crippen LogP) is 0.781. The summed E-state index contributed by atoms with van der Waals surface area (Å²) < 4.78 is 23.9. The monoisotopic (exact) mass is 282 g/mol. The van der Waals surface area contributed by atoms with Gasteiger partial charge in [-0.25, -0.2) is 4.39 Å². The standard InChI is InChI=1S/C14H19FN2O3/c1-16-14(18)13-9-17(5-6-20-13)8-10-3-4-12(19-2)11(15)7-10/h3-4,7,13H,5-6,8-9H2,1-2H3,(H,16,18). The third-order valence-corrected chi connectivity index (χ3v) is 3.31. The molecule has 0 radical (unpaired) electrons. The van der Waals surface area contributed by atoms with E-state index in [2.05, 4.69) is 10.2 Å². The van der Waals surface area contributed by atoms with Crippen LogP contribution in [0, 0.1) is 5.82 Å². The van der Waals surface area contributed by atoms with E-state index in [4.69, 9.17) is 9.47 Å². The van der Waals surface area contributed by atoms with Gasteiger partial charge in [0.05, 0.1) is 13.7 Å². The number of hydrogen-bond acceptors (Lipinski definition) is 4. The molecule has 1 aromatic carbocycles. The molecule has 1 N–H and O–H groups in total. The fraction of sp³-hybridized carbons (Fsp3) is 0.500. The van der Waals surface area contributed by atoms with E-state index in [1.165, 1.54) is 13.2 Å². The number of carbonyl (C=O) groups is 1. The molecule has 6 heteroatoms. The Morgan fingerprint density at radius 1 is 1.60 bits per heavy atom. The van der Waals surface area contributed by atoms with Crippen LogP contribution in [0.1, 0.15) is 5.56 Å².